The standard InChI is InChI=1S/C17H23NO2/c1-18-10-9-17-12(11-18)5-3-8-15(17)20-16-13(17)6-4-7-14(16)19-2/h4,6-7,12,15H,3,5,8-11H2,1-2H3/t12?,15?,17-/m1/s1. The molecule has 2 aliphatic heterocycles. The molecule has 2 unspecified atom stereocenters. The lowest BCUT2D eigenvalue weighted by Gasteiger charge is -2.50. The zero-order valence-electron chi connectivity index (χ0n) is 12.4. The predicted octanol–water partition coefficient (Wildman–Crippen LogP) is 2.83. The number of piperidine rings is 1. The van der Waals surface area contributed by atoms with Crippen molar-refractivity contribution in [1.82, 2.24) is 4.90 Å². The van der Waals surface area contributed by atoms with Crippen molar-refractivity contribution >= 4 is 0 Å². The molecule has 3 heteroatoms. The van der Waals surface area contributed by atoms with Gasteiger partial charge in [0.25, 0.3) is 0 Å². The Morgan fingerprint density at radius 2 is 2.25 bits per heavy atom. The van der Waals surface area contributed by atoms with Crippen LogP contribution in [0.4, 0.5) is 0 Å². The van der Waals surface area contributed by atoms with E-state index in [1.807, 2.05) is 6.07 Å². The normalized spacial score (nSPS) is 35.7. The van der Waals surface area contributed by atoms with E-state index in [1.165, 1.54) is 44.3 Å². The van der Waals surface area contributed by atoms with E-state index in [4.69, 9.17) is 9.47 Å². The number of methoxy groups -OCH3 is 1. The third kappa shape index (κ3) is 1.50. The Balaban J connectivity index is 1.85. The molecule has 108 valence electrons. The van der Waals surface area contributed by atoms with Crippen molar-refractivity contribution in [1.29, 1.82) is 0 Å². The first kappa shape index (κ1) is 12.5. The third-order valence-corrected chi connectivity index (χ3v) is 5.72. The van der Waals surface area contributed by atoms with Gasteiger partial charge in [0.1, 0.15) is 6.10 Å². The lowest BCUT2D eigenvalue weighted by Crippen LogP contribution is -2.55. The summed E-state index contributed by atoms with van der Waals surface area (Å²) < 4.78 is 11.9. The van der Waals surface area contributed by atoms with Crippen LogP contribution < -0.4 is 9.47 Å². The molecule has 1 aromatic carbocycles. The first-order chi connectivity index (χ1) is 9.75. The van der Waals surface area contributed by atoms with Gasteiger partial charge in [-0.1, -0.05) is 12.1 Å². The molecule has 3 nitrogen and oxygen atoms in total. The molecule has 20 heavy (non-hydrogen) atoms. The van der Waals surface area contributed by atoms with Gasteiger partial charge in [-0.15, -0.1) is 0 Å². The van der Waals surface area contributed by atoms with Gasteiger partial charge in [0.15, 0.2) is 11.5 Å². The topological polar surface area (TPSA) is 21.7 Å². The Morgan fingerprint density at radius 3 is 3.10 bits per heavy atom. The van der Waals surface area contributed by atoms with Crippen molar-refractivity contribution in [3.05, 3.63) is 23.8 Å². The number of rotatable bonds is 1. The van der Waals surface area contributed by atoms with E-state index in [-0.39, 0.29) is 5.41 Å². The zero-order chi connectivity index (χ0) is 13.7. The Bertz CT molecular complexity index is 530. The lowest BCUT2D eigenvalue weighted by atomic mass is 9.58. The highest BCUT2D eigenvalue weighted by molar-refractivity contribution is 5.55. The molecule has 4 rings (SSSR count). The Morgan fingerprint density at radius 1 is 1.35 bits per heavy atom. The summed E-state index contributed by atoms with van der Waals surface area (Å²) in [7, 11) is 3.99. The number of hydrogen-bond donors (Lipinski definition) is 0. The number of ether oxygens (including phenoxy) is 2. The van der Waals surface area contributed by atoms with E-state index in [0.29, 0.717) is 6.10 Å². The molecule has 0 aromatic heterocycles. The Kier molecular flexibility index (Phi) is 2.75. The second-order valence-corrected chi connectivity index (χ2v) is 6.62. The van der Waals surface area contributed by atoms with Gasteiger partial charge in [0.05, 0.1) is 7.11 Å². The van der Waals surface area contributed by atoms with Crippen LogP contribution in [0, 0.1) is 5.92 Å². The summed E-state index contributed by atoms with van der Waals surface area (Å²) >= 11 is 0. The van der Waals surface area contributed by atoms with Crippen molar-refractivity contribution in [2.75, 3.05) is 27.2 Å². The third-order valence-electron chi connectivity index (χ3n) is 5.72. The predicted molar refractivity (Wildman–Crippen MR) is 78.5 cm³/mol. The van der Waals surface area contributed by atoms with Crippen molar-refractivity contribution in [3.63, 3.8) is 0 Å². The van der Waals surface area contributed by atoms with Crippen molar-refractivity contribution < 1.29 is 9.47 Å². The van der Waals surface area contributed by atoms with Crippen LogP contribution >= 0.6 is 0 Å². The minimum absolute atomic E-state index is 0.245. The van der Waals surface area contributed by atoms with Gasteiger partial charge in [-0.3, -0.25) is 0 Å². The number of nitrogens with zero attached hydrogens (tertiary/aromatic N) is 1. The van der Waals surface area contributed by atoms with E-state index >= 15 is 0 Å². The molecular formula is C17H23NO2. The summed E-state index contributed by atoms with van der Waals surface area (Å²) in [6.07, 6.45) is 5.40. The molecule has 0 amide bonds. The molecule has 3 atom stereocenters. The second-order valence-electron chi connectivity index (χ2n) is 6.62. The SMILES string of the molecule is COc1cccc2c1OC1CCCC3CN(C)CC[C@]231. The van der Waals surface area contributed by atoms with E-state index in [2.05, 4.69) is 24.1 Å². The Hall–Kier alpha value is -1.22. The van der Waals surface area contributed by atoms with Gasteiger partial charge in [0.2, 0.25) is 0 Å². The molecule has 3 aliphatic rings. The molecular weight excluding hydrogens is 250 g/mol. The smallest absolute Gasteiger partial charge is 0.165 e. The van der Waals surface area contributed by atoms with E-state index < -0.39 is 0 Å². The number of fused-ring (bicyclic) bond motifs is 1. The van der Waals surface area contributed by atoms with Crippen LogP contribution in [0.5, 0.6) is 11.5 Å². The van der Waals surface area contributed by atoms with Gasteiger partial charge in [-0.25, -0.2) is 0 Å². The quantitative estimate of drug-likeness (QED) is 0.785. The number of para-hydroxylation sites is 1. The lowest BCUT2D eigenvalue weighted by molar-refractivity contribution is -0.000159. The number of likely N-dealkylation sites (tertiary alicyclic amines) is 1. The van der Waals surface area contributed by atoms with Gasteiger partial charge in [-0.2, -0.15) is 0 Å². The van der Waals surface area contributed by atoms with Gasteiger partial charge in [0, 0.05) is 17.5 Å². The van der Waals surface area contributed by atoms with Crippen molar-refractivity contribution in [2.24, 2.45) is 5.92 Å². The van der Waals surface area contributed by atoms with Crippen LogP contribution in [0.3, 0.4) is 0 Å². The second kappa shape index (κ2) is 4.39. The highest BCUT2D eigenvalue weighted by atomic mass is 16.5. The molecule has 1 saturated heterocycles. The molecule has 0 N–H and O–H groups in total. The largest absolute Gasteiger partial charge is 0.493 e. The molecule has 0 bridgehead atoms. The van der Waals surface area contributed by atoms with Gasteiger partial charge in [-0.05, 0) is 51.3 Å². The van der Waals surface area contributed by atoms with Crippen LogP contribution in [-0.4, -0.2) is 38.3 Å². The van der Waals surface area contributed by atoms with Crippen molar-refractivity contribution in [3.8, 4) is 11.5 Å². The molecule has 2 heterocycles. The van der Waals surface area contributed by atoms with E-state index in [1.54, 1.807) is 7.11 Å². The van der Waals surface area contributed by atoms with Gasteiger partial charge < -0.3 is 14.4 Å². The van der Waals surface area contributed by atoms with Crippen molar-refractivity contribution in [2.45, 2.75) is 37.2 Å². The van der Waals surface area contributed by atoms with Crippen LogP contribution in [-0.2, 0) is 5.41 Å². The maximum Gasteiger partial charge on any atom is 0.165 e. The number of benzene rings is 1. The van der Waals surface area contributed by atoms with Crippen LogP contribution in [0.1, 0.15) is 31.2 Å². The van der Waals surface area contributed by atoms with Crippen LogP contribution in [0.25, 0.3) is 0 Å². The highest BCUT2D eigenvalue weighted by Crippen LogP contribution is 2.58. The first-order valence-corrected chi connectivity index (χ1v) is 7.78. The minimum Gasteiger partial charge on any atom is -0.493 e. The fraction of sp³-hybridized carbons (Fsp3) is 0.647. The maximum atomic E-state index is 6.38. The van der Waals surface area contributed by atoms with E-state index in [0.717, 1.165) is 17.4 Å². The summed E-state index contributed by atoms with van der Waals surface area (Å²) in [6.45, 7) is 2.38. The zero-order valence-corrected chi connectivity index (χ0v) is 12.4. The van der Waals surface area contributed by atoms with Crippen LogP contribution in [0.15, 0.2) is 18.2 Å². The summed E-state index contributed by atoms with van der Waals surface area (Å²) in [5.41, 5.74) is 1.66. The molecule has 1 aromatic rings. The molecule has 2 fully saturated rings. The van der Waals surface area contributed by atoms with Gasteiger partial charge >= 0.3 is 0 Å². The average molecular weight is 273 g/mol. The molecule has 0 radical (unpaired) electrons. The maximum absolute atomic E-state index is 6.38. The first-order valence-electron chi connectivity index (χ1n) is 7.78. The minimum atomic E-state index is 0.245. The average Bonchev–Trinajstić information content (AvgIpc) is 2.80. The fourth-order valence-electron chi connectivity index (χ4n) is 4.79. The summed E-state index contributed by atoms with van der Waals surface area (Å²) in [6, 6.07) is 6.43. The summed E-state index contributed by atoms with van der Waals surface area (Å²) in [5, 5.41) is 0. The molecule has 1 aliphatic carbocycles. The Labute approximate surface area is 120 Å². The highest BCUT2D eigenvalue weighted by Gasteiger charge is 2.57. The fourth-order valence-corrected chi connectivity index (χ4v) is 4.79. The van der Waals surface area contributed by atoms with Crippen LogP contribution in [0.2, 0.25) is 0 Å². The summed E-state index contributed by atoms with van der Waals surface area (Å²) in [4.78, 5) is 2.48. The van der Waals surface area contributed by atoms with E-state index in [9.17, 15) is 0 Å². The molecule has 1 spiro atoms. The molecule has 1 saturated carbocycles. The monoisotopic (exact) mass is 273 g/mol. The summed E-state index contributed by atoms with van der Waals surface area (Å²) in [5.74, 6) is 2.66. The number of hydrogen-bond acceptors (Lipinski definition) is 3.